The number of fused-ring (bicyclic) bond motifs is 1. The summed E-state index contributed by atoms with van der Waals surface area (Å²) in [5.41, 5.74) is -1.07. The molecular formula is C10H6F3NO. The van der Waals surface area contributed by atoms with Crippen LogP contribution in [-0.2, 0) is 6.18 Å². The Bertz CT molecular complexity index is 448. The molecule has 78 valence electrons. The average molecular weight is 213 g/mol. The molecule has 1 aromatic carbocycles. The number of para-hydroxylation sites is 1. The summed E-state index contributed by atoms with van der Waals surface area (Å²) in [6.45, 7) is 0. The fourth-order valence-electron chi connectivity index (χ4n) is 1.47. The van der Waals surface area contributed by atoms with Gasteiger partial charge < -0.3 is 0 Å². The Morgan fingerprint density at radius 3 is 2.67 bits per heavy atom. The van der Waals surface area contributed by atoms with Crippen molar-refractivity contribution in [2.24, 2.45) is 4.99 Å². The number of ketones is 1. The number of nitrogens with zero attached hydrogens (tertiary/aromatic N) is 1. The normalized spacial score (nSPS) is 15.3. The lowest BCUT2D eigenvalue weighted by molar-refractivity contribution is -0.137. The molecule has 1 aliphatic heterocycles. The first-order chi connectivity index (χ1) is 7.00. The zero-order valence-corrected chi connectivity index (χ0v) is 7.51. The summed E-state index contributed by atoms with van der Waals surface area (Å²) in [5.74, 6) is -0.328. The van der Waals surface area contributed by atoms with Crippen LogP contribution in [0.1, 0.15) is 22.3 Å². The third kappa shape index (κ3) is 1.65. The van der Waals surface area contributed by atoms with Gasteiger partial charge in [-0.25, -0.2) is 0 Å². The van der Waals surface area contributed by atoms with Crippen LogP contribution >= 0.6 is 0 Å². The van der Waals surface area contributed by atoms with Gasteiger partial charge in [0.2, 0.25) is 0 Å². The van der Waals surface area contributed by atoms with Crippen molar-refractivity contribution in [1.82, 2.24) is 0 Å². The molecule has 0 saturated heterocycles. The summed E-state index contributed by atoms with van der Waals surface area (Å²) in [6, 6.07) is 3.51. The SMILES string of the molecule is O=C1CC=Nc2c1cccc2C(F)(F)F. The maximum absolute atomic E-state index is 12.5. The summed E-state index contributed by atoms with van der Waals surface area (Å²) >= 11 is 0. The average Bonchev–Trinajstić information content (AvgIpc) is 2.16. The standard InChI is InChI=1S/C10H6F3NO/c11-10(12,13)7-3-1-2-6-8(15)4-5-14-9(6)7/h1-3,5H,4H2. The van der Waals surface area contributed by atoms with Crippen LogP contribution in [0.15, 0.2) is 23.2 Å². The minimum absolute atomic E-state index is 0.0484. The first-order valence-corrected chi connectivity index (χ1v) is 4.26. The highest BCUT2D eigenvalue weighted by molar-refractivity contribution is 6.10. The topological polar surface area (TPSA) is 29.4 Å². The number of aliphatic imine (C=N–C) groups is 1. The van der Waals surface area contributed by atoms with Crippen LogP contribution in [0.4, 0.5) is 18.9 Å². The molecule has 1 heterocycles. The Morgan fingerprint density at radius 1 is 1.27 bits per heavy atom. The van der Waals surface area contributed by atoms with Gasteiger partial charge in [0, 0.05) is 18.2 Å². The predicted octanol–water partition coefficient (Wildman–Crippen LogP) is 2.99. The molecule has 0 fully saturated rings. The monoisotopic (exact) mass is 213 g/mol. The van der Waals surface area contributed by atoms with E-state index >= 15 is 0 Å². The Morgan fingerprint density at radius 2 is 2.00 bits per heavy atom. The van der Waals surface area contributed by atoms with E-state index in [0.717, 1.165) is 6.07 Å². The molecule has 2 rings (SSSR count). The maximum atomic E-state index is 12.5. The summed E-state index contributed by atoms with van der Waals surface area (Å²) in [4.78, 5) is 15.0. The van der Waals surface area contributed by atoms with Crippen molar-refractivity contribution in [3.05, 3.63) is 29.3 Å². The molecule has 0 spiro atoms. The van der Waals surface area contributed by atoms with Crippen LogP contribution in [0.3, 0.4) is 0 Å². The van der Waals surface area contributed by atoms with E-state index in [1.807, 2.05) is 0 Å². The minimum atomic E-state index is -4.47. The molecule has 0 amide bonds. The van der Waals surface area contributed by atoms with E-state index in [2.05, 4.69) is 4.99 Å². The molecule has 0 saturated carbocycles. The van der Waals surface area contributed by atoms with Gasteiger partial charge in [-0.15, -0.1) is 0 Å². The van der Waals surface area contributed by atoms with E-state index in [9.17, 15) is 18.0 Å². The second-order valence-electron chi connectivity index (χ2n) is 3.14. The second-order valence-corrected chi connectivity index (χ2v) is 3.14. The Balaban J connectivity index is 2.66. The van der Waals surface area contributed by atoms with E-state index in [1.54, 1.807) is 0 Å². The molecular weight excluding hydrogens is 207 g/mol. The lowest BCUT2D eigenvalue weighted by Crippen LogP contribution is -2.11. The highest BCUT2D eigenvalue weighted by Gasteiger charge is 2.35. The number of alkyl halides is 3. The molecule has 0 aliphatic carbocycles. The summed E-state index contributed by atoms with van der Waals surface area (Å²) in [5, 5.41) is 0. The Labute approximate surface area is 83.4 Å². The quantitative estimate of drug-likeness (QED) is 0.651. The predicted molar refractivity (Wildman–Crippen MR) is 48.5 cm³/mol. The van der Waals surface area contributed by atoms with E-state index in [-0.39, 0.29) is 23.5 Å². The molecule has 0 atom stereocenters. The number of hydrogen-bond donors (Lipinski definition) is 0. The fraction of sp³-hybridized carbons (Fsp3) is 0.200. The number of rotatable bonds is 0. The molecule has 5 heteroatoms. The zero-order valence-electron chi connectivity index (χ0n) is 7.51. The first kappa shape index (κ1) is 9.89. The maximum Gasteiger partial charge on any atom is 0.418 e. The van der Waals surface area contributed by atoms with E-state index in [0.29, 0.717) is 0 Å². The molecule has 15 heavy (non-hydrogen) atoms. The Hall–Kier alpha value is -1.65. The highest BCUT2D eigenvalue weighted by atomic mass is 19.4. The number of Topliss-reactive ketones (excluding diaryl/α,β-unsaturated/α-hetero) is 1. The minimum Gasteiger partial charge on any atom is -0.294 e. The zero-order chi connectivity index (χ0) is 11.1. The third-order valence-electron chi connectivity index (χ3n) is 2.14. The van der Waals surface area contributed by atoms with Crippen LogP contribution in [0.5, 0.6) is 0 Å². The molecule has 0 radical (unpaired) electrons. The second kappa shape index (κ2) is 3.18. The van der Waals surface area contributed by atoms with Crippen LogP contribution in [0.2, 0.25) is 0 Å². The fourth-order valence-corrected chi connectivity index (χ4v) is 1.47. The third-order valence-corrected chi connectivity index (χ3v) is 2.14. The largest absolute Gasteiger partial charge is 0.418 e. The lowest BCUT2D eigenvalue weighted by Gasteiger charge is -2.14. The molecule has 0 N–H and O–H groups in total. The van der Waals surface area contributed by atoms with Crippen molar-refractivity contribution in [2.75, 3.05) is 0 Å². The van der Waals surface area contributed by atoms with E-state index in [1.165, 1.54) is 18.3 Å². The van der Waals surface area contributed by atoms with Crippen LogP contribution in [-0.4, -0.2) is 12.0 Å². The van der Waals surface area contributed by atoms with Gasteiger partial charge >= 0.3 is 6.18 Å². The summed E-state index contributed by atoms with van der Waals surface area (Å²) in [7, 11) is 0. The van der Waals surface area contributed by atoms with Crippen molar-refractivity contribution < 1.29 is 18.0 Å². The van der Waals surface area contributed by atoms with Gasteiger partial charge in [-0.1, -0.05) is 6.07 Å². The van der Waals surface area contributed by atoms with Crippen molar-refractivity contribution >= 4 is 17.7 Å². The van der Waals surface area contributed by atoms with Crippen LogP contribution < -0.4 is 0 Å². The molecule has 0 bridgehead atoms. The van der Waals surface area contributed by atoms with Crippen molar-refractivity contribution in [2.45, 2.75) is 12.6 Å². The number of hydrogen-bond acceptors (Lipinski definition) is 2. The van der Waals surface area contributed by atoms with Crippen molar-refractivity contribution in [3.8, 4) is 0 Å². The van der Waals surface area contributed by atoms with Gasteiger partial charge in [0.05, 0.1) is 11.3 Å². The molecule has 1 aliphatic rings. The van der Waals surface area contributed by atoms with E-state index < -0.39 is 11.7 Å². The number of carbonyl (C=O) groups excluding carboxylic acids is 1. The van der Waals surface area contributed by atoms with Gasteiger partial charge in [0.1, 0.15) is 0 Å². The number of carbonyl (C=O) groups is 1. The van der Waals surface area contributed by atoms with Gasteiger partial charge in [0.15, 0.2) is 5.78 Å². The smallest absolute Gasteiger partial charge is 0.294 e. The summed E-state index contributed by atoms with van der Waals surface area (Å²) in [6.07, 6.45) is -3.20. The Kier molecular flexibility index (Phi) is 2.10. The molecule has 1 aromatic rings. The first-order valence-electron chi connectivity index (χ1n) is 4.26. The van der Waals surface area contributed by atoms with Crippen molar-refractivity contribution in [3.63, 3.8) is 0 Å². The number of benzene rings is 1. The molecule has 2 nitrogen and oxygen atoms in total. The molecule has 0 aromatic heterocycles. The lowest BCUT2D eigenvalue weighted by atomic mass is 10.00. The summed E-state index contributed by atoms with van der Waals surface area (Å²) < 4.78 is 37.6. The highest BCUT2D eigenvalue weighted by Crippen LogP contribution is 2.39. The van der Waals surface area contributed by atoms with Gasteiger partial charge in [-0.3, -0.25) is 9.79 Å². The number of halogens is 3. The molecule has 0 unspecified atom stereocenters. The van der Waals surface area contributed by atoms with Gasteiger partial charge in [0.25, 0.3) is 0 Å². The van der Waals surface area contributed by atoms with Crippen molar-refractivity contribution in [1.29, 1.82) is 0 Å². The van der Waals surface area contributed by atoms with Gasteiger partial charge in [-0.05, 0) is 12.1 Å². The van der Waals surface area contributed by atoms with Gasteiger partial charge in [-0.2, -0.15) is 13.2 Å². The van der Waals surface area contributed by atoms with Crippen LogP contribution in [0.25, 0.3) is 0 Å². The van der Waals surface area contributed by atoms with E-state index in [4.69, 9.17) is 0 Å². The van der Waals surface area contributed by atoms with Crippen LogP contribution in [0, 0.1) is 0 Å².